The molecule has 1 aromatic carbocycles. The highest BCUT2D eigenvalue weighted by molar-refractivity contribution is 5.88. The molecule has 0 spiro atoms. The van der Waals surface area contributed by atoms with Crippen LogP contribution >= 0.6 is 0 Å². The van der Waals surface area contributed by atoms with Crippen LogP contribution < -0.4 is 11.0 Å². The number of ether oxygens (including phenoxy) is 1. The van der Waals surface area contributed by atoms with Crippen molar-refractivity contribution >= 4 is 16.9 Å². The second-order valence-corrected chi connectivity index (χ2v) is 10.1. The van der Waals surface area contributed by atoms with Gasteiger partial charge in [0.05, 0.1) is 35.4 Å². The van der Waals surface area contributed by atoms with Crippen LogP contribution in [0.15, 0.2) is 35.1 Å². The lowest BCUT2D eigenvalue weighted by Crippen LogP contribution is -2.50. The number of cyclic esters (lactones) is 1. The molecular weight excluding hydrogens is 458 g/mol. The first kappa shape index (κ1) is 23.3. The van der Waals surface area contributed by atoms with Gasteiger partial charge in [0.2, 0.25) is 0 Å². The maximum absolute atomic E-state index is 13.7. The topological polar surface area (TPSA) is 99.9 Å². The Balaban J connectivity index is 1.47. The van der Waals surface area contributed by atoms with Crippen molar-refractivity contribution in [3.8, 4) is 11.4 Å². The normalized spacial score (nSPS) is 22.1. The predicted molar refractivity (Wildman–Crippen MR) is 135 cm³/mol. The highest BCUT2D eigenvalue weighted by Crippen LogP contribution is 2.40. The molecule has 5 heterocycles. The van der Waals surface area contributed by atoms with Crippen molar-refractivity contribution in [1.82, 2.24) is 24.9 Å². The van der Waals surface area contributed by atoms with Gasteiger partial charge in [0, 0.05) is 43.7 Å². The minimum Gasteiger partial charge on any atom is -0.460 e. The van der Waals surface area contributed by atoms with Crippen LogP contribution in [0.2, 0.25) is 0 Å². The van der Waals surface area contributed by atoms with Crippen LogP contribution in [0.25, 0.3) is 22.3 Å². The van der Waals surface area contributed by atoms with Gasteiger partial charge in [0.25, 0.3) is 5.56 Å². The number of fused-ring (bicyclic) bond motifs is 5. The zero-order chi connectivity index (χ0) is 25.0. The molecular formula is C27H31N5O4. The van der Waals surface area contributed by atoms with Crippen molar-refractivity contribution in [1.29, 1.82) is 0 Å². The van der Waals surface area contributed by atoms with Gasteiger partial charge in [-0.15, -0.1) is 0 Å². The predicted octanol–water partition coefficient (Wildman–Crippen LogP) is 1.72. The Labute approximate surface area is 209 Å². The first-order valence-electron chi connectivity index (χ1n) is 12.6. The van der Waals surface area contributed by atoms with E-state index in [1.807, 2.05) is 31.2 Å². The number of para-hydroxylation sites is 1. The maximum atomic E-state index is 13.7. The molecule has 2 aromatic heterocycles. The SMILES string of the molecule is CCC1(O)CC(=O)OCc2c1cc1n(c2=O)Cc2c-1nc1ccccc1c2CNN1CCN(C)CC1. The molecule has 0 aliphatic carbocycles. The maximum Gasteiger partial charge on any atom is 0.309 e. The van der Waals surface area contributed by atoms with E-state index in [9.17, 15) is 14.7 Å². The van der Waals surface area contributed by atoms with Crippen molar-refractivity contribution in [3.05, 3.63) is 62.9 Å². The molecule has 36 heavy (non-hydrogen) atoms. The molecule has 9 nitrogen and oxygen atoms in total. The van der Waals surface area contributed by atoms with Crippen molar-refractivity contribution < 1.29 is 14.6 Å². The Morgan fingerprint density at radius 3 is 2.69 bits per heavy atom. The summed E-state index contributed by atoms with van der Waals surface area (Å²) in [5.74, 6) is -0.498. The third-order valence-electron chi connectivity index (χ3n) is 7.95. The molecule has 0 radical (unpaired) electrons. The van der Waals surface area contributed by atoms with Crippen LogP contribution in [0.5, 0.6) is 0 Å². The molecule has 6 rings (SSSR count). The van der Waals surface area contributed by atoms with Crippen LogP contribution in [-0.4, -0.2) is 63.8 Å². The van der Waals surface area contributed by atoms with Gasteiger partial charge >= 0.3 is 5.97 Å². The number of benzene rings is 1. The lowest BCUT2D eigenvalue weighted by Gasteiger charge is -2.33. The zero-order valence-corrected chi connectivity index (χ0v) is 20.7. The van der Waals surface area contributed by atoms with Crippen molar-refractivity contribution in [2.75, 3.05) is 33.2 Å². The van der Waals surface area contributed by atoms with E-state index in [0.29, 0.717) is 36.3 Å². The summed E-state index contributed by atoms with van der Waals surface area (Å²) < 4.78 is 7.01. The summed E-state index contributed by atoms with van der Waals surface area (Å²) in [4.78, 5) is 33.2. The fraction of sp³-hybridized carbons (Fsp3) is 0.444. The number of rotatable bonds is 4. The molecule has 0 bridgehead atoms. The van der Waals surface area contributed by atoms with E-state index in [-0.39, 0.29) is 18.6 Å². The summed E-state index contributed by atoms with van der Waals surface area (Å²) in [6.07, 6.45) is 0.133. The summed E-state index contributed by atoms with van der Waals surface area (Å²) in [5, 5.41) is 14.7. The average Bonchev–Trinajstić information content (AvgIpc) is 3.19. The van der Waals surface area contributed by atoms with E-state index >= 15 is 0 Å². The highest BCUT2D eigenvalue weighted by atomic mass is 16.5. The number of aliphatic hydroxyl groups is 1. The lowest BCUT2D eigenvalue weighted by atomic mass is 9.85. The van der Waals surface area contributed by atoms with Gasteiger partial charge in [-0.25, -0.2) is 9.99 Å². The first-order valence-corrected chi connectivity index (χ1v) is 12.6. The van der Waals surface area contributed by atoms with Crippen LogP contribution in [0, 0.1) is 0 Å². The minimum absolute atomic E-state index is 0.126. The number of hydrogen-bond acceptors (Lipinski definition) is 8. The number of esters is 1. The quantitative estimate of drug-likeness (QED) is 0.418. The number of piperazine rings is 1. The molecule has 3 aromatic rings. The van der Waals surface area contributed by atoms with E-state index in [2.05, 4.69) is 28.4 Å². The number of likely N-dealkylation sites (N-methyl/N-ethyl adjacent to an activating group) is 1. The summed E-state index contributed by atoms with van der Waals surface area (Å²) >= 11 is 0. The molecule has 3 aliphatic rings. The Morgan fingerprint density at radius 2 is 1.92 bits per heavy atom. The Kier molecular flexibility index (Phi) is 5.68. The van der Waals surface area contributed by atoms with Gasteiger partial charge in [0.15, 0.2) is 0 Å². The molecule has 1 saturated heterocycles. The third kappa shape index (κ3) is 3.74. The van der Waals surface area contributed by atoms with Gasteiger partial charge in [-0.2, -0.15) is 0 Å². The van der Waals surface area contributed by atoms with E-state index in [4.69, 9.17) is 9.72 Å². The molecule has 3 aliphatic heterocycles. The summed E-state index contributed by atoms with van der Waals surface area (Å²) in [6.45, 7) is 6.64. The Bertz CT molecular complexity index is 1430. The molecule has 0 saturated carbocycles. The number of carbonyl (C=O) groups excluding carboxylic acids is 1. The average molecular weight is 490 g/mol. The molecule has 2 N–H and O–H groups in total. The number of carbonyl (C=O) groups is 1. The van der Waals surface area contributed by atoms with Gasteiger partial charge in [-0.3, -0.25) is 15.0 Å². The van der Waals surface area contributed by atoms with Crippen molar-refractivity contribution in [3.63, 3.8) is 0 Å². The Hall–Kier alpha value is -3.11. The van der Waals surface area contributed by atoms with Crippen LogP contribution in [0.4, 0.5) is 0 Å². The summed E-state index contributed by atoms with van der Waals surface area (Å²) in [7, 11) is 2.14. The van der Waals surface area contributed by atoms with Crippen LogP contribution in [-0.2, 0) is 34.8 Å². The number of pyridine rings is 2. The lowest BCUT2D eigenvalue weighted by molar-refractivity contribution is -0.149. The monoisotopic (exact) mass is 489 g/mol. The number of hydrogen-bond donors (Lipinski definition) is 2. The fourth-order valence-corrected chi connectivity index (χ4v) is 5.67. The second-order valence-electron chi connectivity index (χ2n) is 10.1. The van der Waals surface area contributed by atoms with Gasteiger partial charge in [-0.05, 0) is 36.7 Å². The van der Waals surface area contributed by atoms with Crippen LogP contribution in [0.1, 0.15) is 42.0 Å². The molecule has 1 atom stereocenters. The van der Waals surface area contributed by atoms with Crippen molar-refractivity contribution in [2.45, 2.75) is 45.1 Å². The standard InChI is InChI=1S/C27H31N5O4/c1-3-27(35)13-24(33)36-16-20-21(27)12-23-25-19(15-32(23)26(20)34)18(17-6-4-5-7-22(17)29-25)14-28-31-10-8-30(2)9-11-31/h4-7,12,28,35H,3,8-11,13-16H2,1-2H3. The smallest absolute Gasteiger partial charge is 0.309 e. The van der Waals surface area contributed by atoms with E-state index in [0.717, 1.165) is 53.9 Å². The summed E-state index contributed by atoms with van der Waals surface area (Å²) in [6, 6.07) is 9.92. The second kappa shape index (κ2) is 8.77. The molecule has 1 fully saturated rings. The van der Waals surface area contributed by atoms with Gasteiger partial charge < -0.3 is 19.3 Å². The molecule has 0 amide bonds. The van der Waals surface area contributed by atoms with Crippen molar-refractivity contribution in [2.24, 2.45) is 0 Å². The van der Waals surface area contributed by atoms with E-state index in [1.165, 1.54) is 0 Å². The number of aromatic nitrogens is 2. The van der Waals surface area contributed by atoms with Crippen LogP contribution in [0.3, 0.4) is 0 Å². The zero-order valence-electron chi connectivity index (χ0n) is 20.7. The number of hydrazine groups is 1. The van der Waals surface area contributed by atoms with Gasteiger partial charge in [-0.1, -0.05) is 25.1 Å². The van der Waals surface area contributed by atoms with Gasteiger partial charge in [0.1, 0.15) is 12.2 Å². The number of nitrogens with one attached hydrogen (secondary N) is 1. The Morgan fingerprint density at radius 1 is 1.14 bits per heavy atom. The number of nitrogens with zero attached hydrogens (tertiary/aromatic N) is 4. The third-order valence-corrected chi connectivity index (χ3v) is 7.95. The molecule has 1 unspecified atom stereocenters. The minimum atomic E-state index is -1.44. The summed E-state index contributed by atoms with van der Waals surface area (Å²) in [5.41, 5.74) is 7.22. The molecule has 188 valence electrons. The largest absolute Gasteiger partial charge is 0.460 e. The first-order chi connectivity index (χ1) is 17.4. The van der Waals surface area contributed by atoms with E-state index < -0.39 is 11.6 Å². The highest BCUT2D eigenvalue weighted by Gasteiger charge is 2.39. The van der Waals surface area contributed by atoms with E-state index in [1.54, 1.807) is 4.57 Å². The fourth-order valence-electron chi connectivity index (χ4n) is 5.67. The molecule has 9 heteroatoms.